The number of hydrogen-bond acceptors (Lipinski definition) is 5. The second-order valence-electron chi connectivity index (χ2n) is 6.24. The van der Waals surface area contributed by atoms with Crippen LogP contribution >= 0.6 is 0 Å². The number of benzene rings is 2. The number of carbonyl (C=O) groups is 2. The van der Waals surface area contributed by atoms with E-state index >= 15 is 0 Å². The monoisotopic (exact) mass is 352 g/mol. The number of rotatable bonds is 5. The Hall–Kier alpha value is -3.15. The number of amides is 1. The molecule has 3 aromatic rings. The number of fused-ring (bicyclic) bond motifs is 1. The Morgan fingerprint density at radius 1 is 1.19 bits per heavy atom. The molecule has 1 heterocycles. The second kappa shape index (κ2) is 7.39. The molecule has 0 bridgehead atoms. The number of ether oxygens (including phenoxy) is 1. The summed E-state index contributed by atoms with van der Waals surface area (Å²) in [4.78, 5) is 24.5. The molecule has 0 saturated carbocycles. The van der Waals surface area contributed by atoms with Crippen molar-refractivity contribution in [3.63, 3.8) is 0 Å². The van der Waals surface area contributed by atoms with Crippen LogP contribution in [0.15, 0.2) is 47.0 Å². The number of hydrogen-bond donors (Lipinski definition) is 1. The van der Waals surface area contributed by atoms with Crippen molar-refractivity contribution in [2.45, 2.75) is 33.3 Å². The summed E-state index contributed by atoms with van der Waals surface area (Å²) in [7, 11) is 0. The van der Waals surface area contributed by atoms with Crippen LogP contribution in [-0.4, -0.2) is 23.1 Å². The summed E-state index contributed by atoms with van der Waals surface area (Å²) < 4.78 is 10.4. The molecule has 1 atom stereocenters. The molecule has 0 aliphatic carbocycles. The van der Waals surface area contributed by atoms with Crippen LogP contribution in [0.25, 0.3) is 11.0 Å². The van der Waals surface area contributed by atoms with Gasteiger partial charge in [0, 0.05) is 11.1 Å². The fraction of sp³-hybridized carbons (Fsp3) is 0.250. The average molecular weight is 352 g/mol. The van der Waals surface area contributed by atoms with E-state index in [1.807, 2.05) is 50.2 Å². The summed E-state index contributed by atoms with van der Waals surface area (Å²) in [6.45, 7) is 5.39. The Kier molecular flexibility index (Phi) is 5.02. The molecule has 0 fully saturated rings. The topological polar surface area (TPSA) is 81.4 Å². The number of nitrogens with one attached hydrogen (secondary N) is 1. The van der Waals surface area contributed by atoms with Crippen molar-refractivity contribution in [3.05, 3.63) is 59.3 Å². The summed E-state index contributed by atoms with van der Waals surface area (Å²) in [6, 6.07) is 13.0. The zero-order valence-corrected chi connectivity index (χ0v) is 14.9. The highest BCUT2D eigenvalue weighted by molar-refractivity contribution is 5.96. The van der Waals surface area contributed by atoms with Gasteiger partial charge in [-0.05, 0) is 50.1 Å². The molecular formula is C20H20N2O4. The minimum absolute atomic E-state index is 0.0574. The van der Waals surface area contributed by atoms with Crippen LogP contribution in [0, 0.1) is 13.8 Å². The van der Waals surface area contributed by atoms with Gasteiger partial charge < -0.3 is 14.6 Å². The van der Waals surface area contributed by atoms with Gasteiger partial charge in [0.15, 0.2) is 11.7 Å². The van der Waals surface area contributed by atoms with Crippen LogP contribution in [0.5, 0.6) is 0 Å². The molecule has 0 radical (unpaired) electrons. The first-order chi connectivity index (χ1) is 12.4. The minimum atomic E-state index is -0.916. The van der Waals surface area contributed by atoms with Crippen LogP contribution in [0.4, 0.5) is 5.69 Å². The van der Waals surface area contributed by atoms with Gasteiger partial charge in [-0.1, -0.05) is 29.4 Å². The highest BCUT2D eigenvalue weighted by atomic mass is 16.5. The average Bonchev–Trinajstić information content (AvgIpc) is 3.01. The molecule has 1 N–H and O–H groups in total. The normalized spacial score (nSPS) is 12.0. The van der Waals surface area contributed by atoms with Gasteiger partial charge in [0.05, 0.1) is 6.42 Å². The number of para-hydroxylation sites is 1. The predicted molar refractivity (Wildman–Crippen MR) is 97.8 cm³/mol. The van der Waals surface area contributed by atoms with Gasteiger partial charge in [0.2, 0.25) is 0 Å². The van der Waals surface area contributed by atoms with Crippen molar-refractivity contribution in [3.8, 4) is 0 Å². The Morgan fingerprint density at radius 3 is 2.77 bits per heavy atom. The fourth-order valence-corrected chi connectivity index (χ4v) is 2.60. The number of aromatic nitrogens is 1. The van der Waals surface area contributed by atoms with E-state index < -0.39 is 12.1 Å². The van der Waals surface area contributed by atoms with Crippen LogP contribution < -0.4 is 5.32 Å². The summed E-state index contributed by atoms with van der Waals surface area (Å²) in [5.41, 5.74) is 3.79. The first-order valence-electron chi connectivity index (χ1n) is 8.35. The number of anilines is 1. The van der Waals surface area contributed by atoms with E-state index in [9.17, 15) is 9.59 Å². The van der Waals surface area contributed by atoms with E-state index in [0.717, 1.165) is 16.5 Å². The molecule has 1 aromatic heterocycles. The molecule has 3 rings (SSSR count). The van der Waals surface area contributed by atoms with E-state index in [4.69, 9.17) is 9.26 Å². The standard InChI is InChI=1S/C20H20N2O4/c1-12-8-9-13(2)16(10-12)21-20(24)14(3)25-19(23)11-17-15-6-4-5-7-18(15)26-22-17/h4-10,14H,11H2,1-3H3,(H,21,24)/t14-/m0/s1. The SMILES string of the molecule is Cc1ccc(C)c(NC(=O)[C@H](C)OC(=O)Cc2noc3ccccc23)c1. The zero-order valence-electron chi connectivity index (χ0n) is 14.9. The number of aryl methyl sites for hydroxylation is 2. The fourth-order valence-electron chi connectivity index (χ4n) is 2.60. The van der Waals surface area contributed by atoms with Gasteiger partial charge in [0.25, 0.3) is 5.91 Å². The molecule has 0 saturated heterocycles. The smallest absolute Gasteiger partial charge is 0.312 e. The Bertz CT molecular complexity index is 961. The Labute approximate surface area is 151 Å². The van der Waals surface area contributed by atoms with Crippen LogP contribution in [0.1, 0.15) is 23.7 Å². The van der Waals surface area contributed by atoms with Crippen LogP contribution in [-0.2, 0) is 20.7 Å². The third-order valence-corrected chi connectivity index (χ3v) is 4.09. The lowest BCUT2D eigenvalue weighted by molar-refractivity contribution is -0.152. The Morgan fingerprint density at radius 2 is 1.96 bits per heavy atom. The summed E-state index contributed by atoms with van der Waals surface area (Å²) in [5, 5.41) is 7.46. The number of nitrogens with zero attached hydrogens (tertiary/aromatic N) is 1. The van der Waals surface area contributed by atoms with Gasteiger partial charge in [-0.25, -0.2) is 0 Å². The van der Waals surface area contributed by atoms with Gasteiger partial charge in [0.1, 0.15) is 5.69 Å². The van der Waals surface area contributed by atoms with Gasteiger partial charge in [-0.15, -0.1) is 0 Å². The first kappa shape index (κ1) is 17.7. The first-order valence-corrected chi connectivity index (χ1v) is 8.35. The van der Waals surface area contributed by atoms with Crippen molar-refractivity contribution in [2.75, 3.05) is 5.32 Å². The maximum absolute atomic E-state index is 12.3. The zero-order chi connectivity index (χ0) is 18.7. The third kappa shape index (κ3) is 3.91. The molecule has 26 heavy (non-hydrogen) atoms. The van der Waals surface area contributed by atoms with Gasteiger partial charge in [-0.2, -0.15) is 0 Å². The highest BCUT2D eigenvalue weighted by Gasteiger charge is 2.20. The molecule has 6 heteroatoms. The summed E-state index contributed by atoms with van der Waals surface area (Å²) >= 11 is 0. The van der Waals surface area contributed by atoms with E-state index in [2.05, 4.69) is 10.5 Å². The highest BCUT2D eigenvalue weighted by Crippen LogP contribution is 2.19. The molecule has 0 aliphatic heterocycles. The van der Waals surface area contributed by atoms with E-state index in [-0.39, 0.29) is 12.3 Å². The van der Waals surface area contributed by atoms with Crippen LogP contribution in [0.2, 0.25) is 0 Å². The second-order valence-corrected chi connectivity index (χ2v) is 6.24. The lowest BCUT2D eigenvalue weighted by Gasteiger charge is -2.15. The van der Waals surface area contributed by atoms with E-state index in [0.29, 0.717) is 17.0 Å². The minimum Gasteiger partial charge on any atom is -0.452 e. The summed E-state index contributed by atoms with van der Waals surface area (Å²) in [5.74, 6) is -0.912. The van der Waals surface area contributed by atoms with Crippen molar-refractivity contribution >= 4 is 28.5 Å². The van der Waals surface area contributed by atoms with Crippen molar-refractivity contribution < 1.29 is 18.8 Å². The molecule has 0 unspecified atom stereocenters. The van der Waals surface area contributed by atoms with Gasteiger partial charge in [-0.3, -0.25) is 9.59 Å². The maximum atomic E-state index is 12.3. The lowest BCUT2D eigenvalue weighted by atomic mass is 10.1. The largest absolute Gasteiger partial charge is 0.452 e. The van der Waals surface area contributed by atoms with Crippen LogP contribution in [0.3, 0.4) is 0 Å². The predicted octanol–water partition coefficient (Wildman–Crippen LogP) is 3.56. The molecule has 0 spiro atoms. The Balaban J connectivity index is 1.61. The quantitative estimate of drug-likeness (QED) is 0.710. The van der Waals surface area contributed by atoms with Crippen molar-refractivity contribution in [1.29, 1.82) is 0 Å². The summed E-state index contributed by atoms with van der Waals surface area (Å²) in [6.07, 6.45) is -0.974. The maximum Gasteiger partial charge on any atom is 0.312 e. The van der Waals surface area contributed by atoms with Gasteiger partial charge >= 0.3 is 5.97 Å². The lowest BCUT2D eigenvalue weighted by Crippen LogP contribution is -2.30. The van der Waals surface area contributed by atoms with Crippen molar-refractivity contribution in [2.24, 2.45) is 0 Å². The molecule has 2 aromatic carbocycles. The van der Waals surface area contributed by atoms with Crippen molar-refractivity contribution in [1.82, 2.24) is 5.16 Å². The molecule has 0 aliphatic rings. The molecule has 1 amide bonds. The molecule has 134 valence electrons. The van der Waals surface area contributed by atoms with E-state index in [1.165, 1.54) is 0 Å². The third-order valence-electron chi connectivity index (χ3n) is 4.09. The molecular weight excluding hydrogens is 332 g/mol. The van der Waals surface area contributed by atoms with E-state index in [1.54, 1.807) is 13.0 Å². The number of esters is 1. The number of carbonyl (C=O) groups excluding carboxylic acids is 2. The molecule has 6 nitrogen and oxygen atoms in total.